The summed E-state index contributed by atoms with van der Waals surface area (Å²) in [5, 5.41) is 3.48. The van der Waals surface area contributed by atoms with Crippen LogP contribution in [-0.4, -0.2) is 41.8 Å². The van der Waals surface area contributed by atoms with Gasteiger partial charge < -0.3 is 16.0 Å². The Morgan fingerprint density at radius 3 is 2.67 bits per heavy atom. The van der Waals surface area contributed by atoms with E-state index in [-0.39, 0.29) is 11.8 Å². The Morgan fingerprint density at radius 2 is 2.10 bits per heavy atom. The molecule has 0 saturated heterocycles. The number of carbonyl (C=O) groups is 2. The van der Waals surface area contributed by atoms with Crippen LogP contribution >= 0.6 is 11.3 Å². The molecule has 1 unspecified atom stereocenters. The lowest BCUT2D eigenvalue weighted by Gasteiger charge is -2.17. The van der Waals surface area contributed by atoms with Gasteiger partial charge in [-0.05, 0) is 25.5 Å². The summed E-state index contributed by atoms with van der Waals surface area (Å²) >= 11 is 1.24. The Kier molecular flexibility index (Phi) is 4.13. The van der Waals surface area contributed by atoms with Crippen molar-refractivity contribution >= 4 is 39.1 Å². The van der Waals surface area contributed by atoms with E-state index in [1.54, 1.807) is 27.2 Å². The van der Waals surface area contributed by atoms with Crippen LogP contribution in [0.5, 0.6) is 0 Å². The highest BCUT2D eigenvalue weighted by Crippen LogP contribution is 2.34. The van der Waals surface area contributed by atoms with E-state index in [2.05, 4.69) is 10.3 Å². The van der Waals surface area contributed by atoms with Crippen molar-refractivity contribution < 1.29 is 9.59 Å². The van der Waals surface area contributed by atoms with E-state index in [9.17, 15) is 9.59 Å². The molecule has 0 fully saturated rings. The van der Waals surface area contributed by atoms with Crippen LogP contribution in [0.3, 0.4) is 0 Å². The lowest BCUT2D eigenvalue weighted by molar-refractivity contribution is -0.130. The van der Waals surface area contributed by atoms with Crippen molar-refractivity contribution in [1.82, 2.24) is 15.2 Å². The van der Waals surface area contributed by atoms with Gasteiger partial charge in [-0.15, -0.1) is 11.3 Å². The maximum atomic E-state index is 12.3. The van der Waals surface area contributed by atoms with E-state index in [1.165, 1.54) is 16.2 Å². The molecule has 0 bridgehead atoms. The molecule has 21 heavy (non-hydrogen) atoms. The van der Waals surface area contributed by atoms with Crippen LogP contribution in [-0.2, 0) is 4.79 Å². The molecular weight excluding hydrogens is 288 g/mol. The number of amides is 2. The molecule has 112 valence electrons. The smallest absolute Gasteiger partial charge is 0.264 e. The Labute approximate surface area is 127 Å². The summed E-state index contributed by atoms with van der Waals surface area (Å²) in [6, 6.07) is 1.25. The van der Waals surface area contributed by atoms with E-state index in [0.717, 1.165) is 15.8 Å². The number of thiophene rings is 1. The summed E-state index contributed by atoms with van der Waals surface area (Å²) in [5.41, 5.74) is 7.46. The van der Waals surface area contributed by atoms with Crippen LogP contribution in [0.2, 0.25) is 0 Å². The number of hydrogen-bond donors (Lipinski definition) is 2. The quantitative estimate of drug-likeness (QED) is 0.897. The zero-order chi connectivity index (χ0) is 15.7. The molecule has 0 aromatic carbocycles. The highest BCUT2D eigenvalue weighted by molar-refractivity contribution is 7.21. The summed E-state index contributed by atoms with van der Waals surface area (Å²) < 4.78 is 0. The minimum Gasteiger partial charge on any atom is -0.397 e. The normalized spacial score (nSPS) is 12.2. The van der Waals surface area contributed by atoms with Gasteiger partial charge in [-0.1, -0.05) is 0 Å². The summed E-state index contributed by atoms with van der Waals surface area (Å²) in [4.78, 5) is 30.9. The Balaban J connectivity index is 2.30. The monoisotopic (exact) mass is 306 g/mol. The van der Waals surface area contributed by atoms with Crippen molar-refractivity contribution in [2.24, 2.45) is 0 Å². The van der Waals surface area contributed by atoms with Gasteiger partial charge in [0.2, 0.25) is 5.91 Å². The van der Waals surface area contributed by atoms with Crippen LogP contribution < -0.4 is 11.1 Å². The van der Waals surface area contributed by atoms with Gasteiger partial charge in [0, 0.05) is 25.7 Å². The lowest BCUT2D eigenvalue weighted by Crippen LogP contribution is -2.44. The minimum atomic E-state index is -0.605. The molecule has 0 aliphatic rings. The molecule has 6 nitrogen and oxygen atoms in total. The summed E-state index contributed by atoms with van der Waals surface area (Å²) in [6.45, 7) is 3.57. The van der Waals surface area contributed by atoms with E-state index in [0.29, 0.717) is 10.6 Å². The zero-order valence-corrected chi connectivity index (χ0v) is 13.2. The number of anilines is 1. The van der Waals surface area contributed by atoms with E-state index >= 15 is 0 Å². The van der Waals surface area contributed by atoms with Crippen molar-refractivity contribution in [2.75, 3.05) is 19.8 Å². The predicted molar refractivity (Wildman–Crippen MR) is 84.4 cm³/mol. The van der Waals surface area contributed by atoms with Crippen molar-refractivity contribution in [3.05, 3.63) is 22.7 Å². The Hall–Kier alpha value is -2.15. The predicted octanol–water partition coefficient (Wildman–Crippen LogP) is 1.39. The van der Waals surface area contributed by atoms with E-state index < -0.39 is 6.04 Å². The van der Waals surface area contributed by atoms with Crippen molar-refractivity contribution in [1.29, 1.82) is 0 Å². The number of nitrogens with one attached hydrogen (secondary N) is 1. The average Bonchev–Trinajstić information content (AvgIpc) is 2.76. The van der Waals surface area contributed by atoms with Gasteiger partial charge in [0.05, 0.1) is 5.69 Å². The SMILES string of the molecule is Cc1ccnc2sc(C(=O)NC(C)C(=O)N(C)C)c(N)c12. The average molecular weight is 306 g/mol. The Bertz CT molecular complexity index is 708. The number of nitrogens with two attached hydrogens (primary N) is 1. The van der Waals surface area contributed by atoms with Gasteiger partial charge in [0.15, 0.2) is 0 Å². The second-order valence-corrected chi connectivity index (χ2v) is 6.08. The van der Waals surface area contributed by atoms with Crippen LogP contribution in [0.25, 0.3) is 10.2 Å². The second-order valence-electron chi connectivity index (χ2n) is 5.08. The number of pyridine rings is 1. The molecule has 2 heterocycles. The fraction of sp³-hybridized carbons (Fsp3) is 0.357. The summed E-state index contributed by atoms with van der Waals surface area (Å²) in [7, 11) is 3.29. The first-order valence-electron chi connectivity index (χ1n) is 6.48. The first-order valence-corrected chi connectivity index (χ1v) is 7.30. The third kappa shape index (κ3) is 2.82. The fourth-order valence-corrected chi connectivity index (χ4v) is 3.13. The Morgan fingerprint density at radius 1 is 1.43 bits per heavy atom. The van der Waals surface area contributed by atoms with E-state index in [1.807, 2.05) is 13.0 Å². The molecule has 1 atom stereocenters. The first kappa shape index (κ1) is 15.2. The van der Waals surface area contributed by atoms with E-state index in [4.69, 9.17) is 5.73 Å². The first-order chi connectivity index (χ1) is 9.82. The van der Waals surface area contributed by atoms with Crippen LogP contribution in [0, 0.1) is 6.92 Å². The molecule has 0 saturated carbocycles. The van der Waals surface area contributed by atoms with Crippen LogP contribution in [0.4, 0.5) is 5.69 Å². The molecule has 2 aromatic heterocycles. The minimum absolute atomic E-state index is 0.169. The number of rotatable bonds is 3. The number of nitrogen functional groups attached to an aromatic ring is 1. The van der Waals surface area contributed by atoms with Gasteiger partial charge >= 0.3 is 0 Å². The van der Waals surface area contributed by atoms with Crippen molar-refractivity contribution in [3.8, 4) is 0 Å². The molecule has 0 aliphatic heterocycles. The van der Waals surface area contributed by atoms with Gasteiger partial charge in [-0.2, -0.15) is 0 Å². The van der Waals surface area contributed by atoms with Crippen LogP contribution in [0.1, 0.15) is 22.2 Å². The molecule has 2 rings (SSSR count). The third-order valence-corrected chi connectivity index (χ3v) is 4.31. The molecule has 7 heteroatoms. The lowest BCUT2D eigenvalue weighted by atomic mass is 10.1. The van der Waals surface area contributed by atoms with Gasteiger partial charge in [0.25, 0.3) is 5.91 Å². The topological polar surface area (TPSA) is 88.3 Å². The molecule has 2 aromatic rings. The zero-order valence-electron chi connectivity index (χ0n) is 12.4. The fourth-order valence-electron chi connectivity index (χ4n) is 2.08. The number of likely N-dealkylation sites (N-methyl/N-ethyl adjacent to an activating group) is 1. The molecule has 0 spiro atoms. The standard InChI is InChI=1S/C14H18N4O2S/c1-7-5-6-16-13-9(7)10(15)11(21-13)12(19)17-8(2)14(20)18(3)4/h5-6,8H,15H2,1-4H3,(H,17,19). The van der Waals surface area contributed by atoms with Gasteiger partial charge in [-0.3, -0.25) is 9.59 Å². The van der Waals surface area contributed by atoms with Gasteiger partial charge in [0.1, 0.15) is 15.7 Å². The summed E-state index contributed by atoms with van der Waals surface area (Å²) in [6.07, 6.45) is 1.69. The maximum absolute atomic E-state index is 12.3. The highest BCUT2D eigenvalue weighted by Gasteiger charge is 2.22. The molecule has 2 amide bonds. The van der Waals surface area contributed by atoms with Gasteiger partial charge in [-0.25, -0.2) is 4.98 Å². The second kappa shape index (κ2) is 5.69. The largest absolute Gasteiger partial charge is 0.397 e. The number of aromatic nitrogens is 1. The molecular formula is C14H18N4O2S. The number of nitrogens with zero attached hydrogens (tertiary/aromatic N) is 2. The maximum Gasteiger partial charge on any atom is 0.264 e. The number of fused-ring (bicyclic) bond motifs is 1. The number of aryl methyl sites for hydroxylation is 1. The van der Waals surface area contributed by atoms with Crippen molar-refractivity contribution in [3.63, 3.8) is 0 Å². The van der Waals surface area contributed by atoms with Crippen LogP contribution in [0.15, 0.2) is 12.3 Å². The number of hydrogen-bond acceptors (Lipinski definition) is 5. The molecule has 0 aliphatic carbocycles. The van der Waals surface area contributed by atoms with Crippen molar-refractivity contribution in [2.45, 2.75) is 19.9 Å². The molecule has 3 N–H and O–H groups in total. The number of carbonyl (C=O) groups excluding carboxylic acids is 2. The summed E-state index contributed by atoms with van der Waals surface area (Å²) in [5.74, 6) is -0.519. The third-order valence-electron chi connectivity index (χ3n) is 3.20. The molecule has 0 radical (unpaired) electrons. The highest BCUT2D eigenvalue weighted by atomic mass is 32.1.